The van der Waals surface area contributed by atoms with Crippen LogP contribution in [-0.2, 0) is 0 Å². The van der Waals surface area contributed by atoms with E-state index < -0.39 is 0 Å². The average Bonchev–Trinajstić information content (AvgIpc) is 2.66. The van der Waals surface area contributed by atoms with Gasteiger partial charge < -0.3 is 10.2 Å². The van der Waals surface area contributed by atoms with Crippen molar-refractivity contribution in [2.75, 3.05) is 26.2 Å². The molecule has 0 aliphatic carbocycles. The first-order chi connectivity index (χ1) is 7.89. The van der Waals surface area contributed by atoms with E-state index in [9.17, 15) is 0 Å². The first kappa shape index (κ1) is 13.4. The number of hydrogen-bond acceptors (Lipinski definition) is 2. The Labute approximate surface area is 107 Å². The second-order valence-electron chi connectivity index (χ2n) is 7.53. The third-order valence-corrected chi connectivity index (χ3v) is 4.78. The normalized spacial score (nSPS) is 36.4. The van der Waals surface area contributed by atoms with Crippen molar-refractivity contribution in [3.05, 3.63) is 0 Å². The molecular weight excluding hydrogens is 208 g/mol. The van der Waals surface area contributed by atoms with Crippen LogP contribution in [0.4, 0.5) is 0 Å². The van der Waals surface area contributed by atoms with E-state index in [1.165, 1.54) is 51.9 Å². The van der Waals surface area contributed by atoms with Gasteiger partial charge in [-0.3, -0.25) is 0 Å². The maximum absolute atomic E-state index is 3.73. The molecule has 0 aromatic heterocycles. The molecule has 0 aromatic rings. The Balaban J connectivity index is 1.85. The molecule has 2 fully saturated rings. The SMILES string of the molecule is CC1(CN2CCC(C(C)(C)C)C2)CCCCN1. The predicted molar refractivity (Wildman–Crippen MR) is 74.3 cm³/mol. The average molecular weight is 238 g/mol. The summed E-state index contributed by atoms with van der Waals surface area (Å²) < 4.78 is 0. The summed E-state index contributed by atoms with van der Waals surface area (Å²) in [6.45, 7) is 14.7. The van der Waals surface area contributed by atoms with Crippen LogP contribution in [0, 0.1) is 11.3 Å². The van der Waals surface area contributed by atoms with Gasteiger partial charge >= 0.3 is 0 Å². The lowest BCUT2D eigenvalue weighted by Gasteiger charge is -2.38. The highest BCUT2D eigenvalue weighted by Gasteiger charge is 2.35. The lowest BCUT2D eigenvalue weighted by molar-refractivity contribution is 0.168. The lowest BCUT2D eigenvalue weighted by Crippen LogP contribution is -2.53. The van der Waals surface area contributed by atoms with Crippen LogP contribution in [-0.4, -0.2) is 36.6 Å². The van der Waals surface area contributed by atoms with E-state index in [2.05, 4.69) is 37.9 Å². The van der Waals surface area contributed by atoms with Crippen LogP contribution >= 0.6 is 0 Å². The minimum atomic E-state index is 0.380. The van der Waals surface area contributed by atoms with Crippen molar-refractivity contribution in [2.45, 2.75) is 58.9 Å². The Morgan fingerprint density at radius 2 is 2.06 bits per heavy atom. The molecule has 2 saturated heterocycles. The van der Waals surface area contributed by atoms with Gasteiger partial charge in [0, 0.05) is 18.6 Å². The molecule has 2 heterocycles. The van der Waals surface area contributed by atoms with Crippen LogP contribution in [0.5, 0.6) is 0 Å². The number of hydrogen-bond donors (Lipinski definition) is 1. The second kappa shape index (κ2) is 4.89. The smallest absolute Gasteiger partial charge is 0.0280 e. The number of nitrogens with zero attached hydrogens (tertiary/aromatic N) is 1. The summed E-state index contributed by atoms with van der Waals surface area (Å²) in [5.74, 6) is 0.884. The van der Waals surface area contributed by atoms with Gasteiger partial charge in [0.15, 0.2) is 0 Å². The molecule has 2 rings (SSSR count). The van der Waals surface area contributed by atoms with Crippen LogP contribution in [0.1, 0.15) is 53.4 Å². The molecule has 2 atom stereocenters. The summed E-state index contributed by atoms with van der Waals surface area (Å²) in [6.07, 6.45) is 5.50. The number of rotatable bonds is 2. The Morgan fingerprint density at radius 1 is 1.29 bits per heavy atom. The summed E-state index contributed by atoms with van der Waals surface area (Å²) in [5.41, 5.74) is 0.862. The predicted octanol–water partition coefficient (Wildman–Crippen LogP) is 2.89. The Kier molecular flexibility index (Phi) is 3.84. The molecule has 2 aliphatic rings. The molecule has 0 bridgehead atoms. The fourth-order valence-corrected chi connectivity index (χ4v) is 3.43. The topological polar surface area (TPSA) is 15.3 Å². The van der Waals surface area contributed by atoms with Crippen molar-refractivity contribution in [1.82, 2.24) is 10.2 Å². The largest absolute Gasteiger partial charge is 0.310 e. The van der Waals surface area contributed by atoms with Gasteiger partial charge in [-0.05, 0) is 50.6 Å². The van der Waals surface area contributed by atoms with Gasteiger partial charge in [0.1, 0.15) is 0 Å². The zero-order chi connectivity index (χ0) is 12.5. The first-order valence-corrected chi connectivity index (χ1v) is 7.36. The highest BCUT2D eigenvalue weighted by molar-refractivity contribution is 4.93. The Morgan fingerprint density at radius 3 is 2.59 bits per heavy atom. The van der Waals surface area contributed by atoms with Crippen molar-refractivity contribution in [2.24, 2.45) is 11.3 Å². The van der Waals surface area contributed by atoms with Gasteiger partial charge in [0.25, 0.3) is 0 Å². The fourth-order valence-electron chi connectivity index (χ4n) is 3.43. The number of nitrogens with one attached hydrogen (secondary N) is 1. The third kappa shape index (κ3) is 3.45. The monoisotopic (exact) mass is 238 g/mol. The van der Waals surface area contributed by atoms with Gasteiger partial charge in [-0.1, -0.05) is 27.2 Å². The van der Waals surface area contributed by atoms with Gasteiger partial charge in [-0.25, -0.2) is 0 Å². The van der Waals surface area contributed by atoms with E-state index in [0.717, 1.165) is 5.92 Å². The maximum atomic E-state index is 3.73. The van der Waals surface area contributed by atoms with E-state index in [-0.39, 0.29) is 0 Å². The molecule has 17 heavy (non-hydrogen) atoms. The molecule has 0 spiro atoms. The van der Waals surface area contributed by atoms with E-state index >= 15 is 0 Å². The standard InChI is InChI=1S/C15H30N2/c1-14(2,3)13-7-10-17(11-13)12-15(4)8-5-6-9-16-15/h13,16H,5-12H2,1-4H3. The number of piperidine rings is 1. The van der Waals surface area contributed by atoms with E-state index in [0.29, 0.717) is 11.0 Å². The van der Waals surface area contributed by atoms with Crippen molar-refractivity contribution >= 4 is 0 Å². The van der Waals surface area contributed by atoms with Crippen LogP contribution in [0.3, 0.4) is 0 Å². The van der Waals surface area contributed by atoms with Crippen molar-refractivity contribution < 1.29 is 0 Å². The highest BCUT2D eigenvalue weighted by atomic mass is 15.2. The van der Waals surface area contributed by atoms with Gasteiger partial charge in [-0.15, -0.1) is 0 Å². The zero-order valence-corrected chi connectivity index (χ0v) is 12.2. The molecule has 0 radical (unpaired) electrons. The van der Waals surface area contributed by atoms with Crippen molar-refractivity contribution in [3.63, 3.8) is 0 Å². The fraction of sp³-hybridized carbons (Fsp3) is 1.00. The second-order valence-corrected chi connectivity index (χ2v) is 7.53. The van der Waals surface area contributed by atoms with E-state index in [4.69, 9.17) is 0 Å². The minimum absolute atomic E-state index is 0.380. The molecule has 0 saturated carbocycles. The van der Waals surface area contributed by atoms with Gasteiger partial charge in [-0.2, -0.15) is 0 Å². The third-order valence-electron chi connectivity index (χ3n) is 4.78. The van der Waals surface area contributed by atoms with Gasteiger partial charge in [0.2, 0.25) is 0 Å². The summed E-state index contributed by atoms with van der Waals surface area (Å²) in [7, 11) is 0. The molecule has 2 heteroatoms. The van der Waals surface area contributed by atoms with E-state index in [1.807, 2.05) is 0 Å². The van der Waals surface area contributed by atoms with Crippen LogP contribution in [0.15, 0.2) is 0 Å². The Hall–Kier alpha value is -0.0800. The summed E-state index contributed by atoms with van der Waals surface area (Å²) in [6, 6.07) is 0. The Bertz CT molecular complexity index is 248. The first-order valence-electron chi connectivity index (χ1n) is 7.36. The van der Waals surface area contributed by atoms with Crippen LogP contribution in [0.2, 0.25) is 0 Å². The van der Waals surface area contributed by atoms with Crippen LogP contribution < -0.4 is 5.32 Å². The summed E-state index contributed by atoms with van der Waals surface area (Å²) in [4.78, 5) is 2.69. The minimum Gasteiger partial charge on any atom is -0.310 e. The quantitative estimate of drug-likeness (QED) is 0.796. The summed E-state index contributed by atoms with van der Waals surface area (Å²) in [5, 5.41) is 3.73. The van der Waals surface area contributed by atoms with Gasteiger partial charge in [0.05, 0.1) is 0 Å². The highest BCUT2D eigenvalue weighted by Crippen LogP contribution is 2.34. The molecule has 2 unspecified atom stereocenters. The molecule has 100 valence electrons. The molecule has 0 aromatic carbocycles. The molecule has 2 aliphatic heterocycles. The van der Waals surface area contributed by atoms with Crippen molar-refractivity contribution in [3.8, 4) is 0 Å². The maximum Gasteiger partial charge on any atom is 0.0280 e. The zero-order valence-electron chi connectivity index (χ0n) is 12.2. The molecular formula is C15H30N2. The number of likely N-dealkylation sites (tertiary alicyclic amines) is 1. The van der Waals surface area contributed by atoms with E-state index in [1.54, 1.807) is 0 Å². The molecule has 1 N–H and O–H groups in total. The lowest BCUT2D eigenvalue weighted by atomic mass is 9.80. The molecule has 2 nitrogen and oxygen atoms in total. The molecule has 0 amide bonds. The summed E-state index contributed by atoms with van der Waals surface area (Å²) >= 11 is 0. The van der Waals surface area contributed by atoms with Crippen LogP contribution in [0.25, 0.3) is 0 Å². The van der Waals surface area contributed by atoms with Crippen molar-refractivity contribution in [1.29, 1.82) is 0 Å².